The number of carbonyl (C=O) groups is 1. The number of carboxylic acid groups (broad SMARTS) is 1. The normalized spacial score (nSPS) is 11.1. The summed E-state index contributed by atoms with van der Waals surface area (Å²) in [6, 6.07) is 11.0. The summed E-state index contributed by atoms with van der Waals surface area (Å²) in [7, 11) is 0. The highest BCUT2D eigenvalue weighted by molar-refractivity contribution is 8.03. The van der Waals surface area contributed by atoms with E-state index in [4.69, 9.17) is 5.11 Å². The van der Waals surface area contributed by atoms with Gasteiger partial charge in [0, 0.05) is 15.4 Å². The van der Waals surface area contributed by atoms with Crippen LogP contribution in [-0.4, -0.2) is 42.9 Å². The number of benzene rings is 2. The number of tetrazole rings is 1. The molecular formula is C16H11N5O2S3. The number of nitrogens with zero attached hydrogens (tertiary/aromatic N) is 4. The Morgan fingerprint density at radius 1 is 1.19 bits per heavy atom. The van der Waals surface area contributed by atoms with Crippen molar-refractivity contribution in [2.24, 2.45) is 0 Å². The maximum Gasteiger partial charge on any atom is 0.335 e. The second-order valence-corrected chi connectivity index (χ2v) is 8.34. The van der Waals surface area contributed by atoms with Gasteiger partial charge in [0.15, 0.2) is 4.34 Å². The molecule has 0 amide bonds. The van der Waals surface area contributed by atoms with E-state index >= 15 is 0 Å². The van der Waals surface area contributed by atoms with E-state index in [9.17, 15) is 4.79 Å². The van der Waals surface area contributed by atoms with Crippen molar-refractivity contribution in [2.45, 2.75) is 14.1 Å². The Morgan fingerprint density at radius 2 is 2.08 bits per heavy atom. The molecule has 0 saturated heterocycles. The Balaban J connectivity index is 1.71. The fourth-order valence-electron chi connectivity index (χ4n) is 2.35. The molecule has 2 aromatic heterocycles. The molecule has 2 heterocycles. The topological polar surface area (TPSA) is 105 Å². The monoisotopic (exact) mass is 401 g/mol. The lowest BCUT2D eigenvalue weighted by molar-refractivity contribution is 0.0697. The van der Waals surface area contributed by atoms with Crippen molar-refractivity contribution in [3.63, 3.8) is 0 Å². The van der Waals surface area contributed by atoms with Crippen molar-refractivity contribution in [3.8, 4) is 11.4 Å². The number of hydrogen-bond acceptors (Lipinski definition) is 8. The van der Waals surface area contributed by atoms with Gasteiger partial charge in [0.05, 0.1) is 15.8 Å². The van der Waals surface area contributed by atoms with E-state index in [1.54, 1.807) is 41.7 Å². The molecule has 0 radical (unpaired) electrons. The first-order valence-corrected chi connectivity index (χ1v) is 10.2. The van der Waals surface area contributed by atoms with Gasteiger partial charge in [0.25, 0.3) is 0 Å². The third-order valence-corrected chi connectivity index (χ3v) is 6.64. The number of thioether (sulfide) groups is 1. The van der Waals surface area contributed by atoms with Gasteiger partial charge in [-0.15, -0.1) is 33.3 Å². The number of fused-ring (bicyclic) bond motifs is 1. The van der Waals surface area contributed by atoms with Crippen LogP contribution in [0.2, 0.25) is 0 Å². The number of rotatable bonds is 5. The van der Waals surface area contributed by atoms with Crippen LogP contribution in [0.4, 0.5) is 0 Å². The molecule has 0 bridgehead atoms. The quantitative estimate of drug-likeness (QED) is 0.483. The molecule has 2 aromatic carbocycles. The zero-order chi connectivity index (χ0) is 18.1. The van der Waals surface area contributed by atoms with Gasteiger partial charge < -0.3 is 5.11 Å². The summed E-state index contributed by atoms with van der Waals surface area (Å²) in [5.74, 6) is -0.401. The maximum absolute atomic E-state index is 11.1. The highest BCUT2D eigenvalue weighted by Gasteiger charge is 2.13. The van der Waals surface area contributed by atoms with Crippen molar-refractivity contribution < 1.29 is 9.90 Å². The summed E-state index contributed by atoms with van der Waals surface area (Å²) in [6.07, 6.45) is 2.02. The third-order valence-electron chi connectivity index (χ3n) is 3.58. The van der Waals surface area contributed by atoms with Crippen LogP contribution in [0.1, 0.15) is 10.4 Å². The van der Waals surface area contributed by atoms with Gasteiger partial charge in [-0.2, -0.15) is 5.21 Å². The van der Waals surface area contributed by atoms with Crippen LogP contribution in [0, 0.1) is 0 Å². The molecule has 4 rings (SSSR count). The standard InChI is InChI=1S/C16H11N5O2S3/c1-24-11-5-3-8(14-18-20-21-19-14)6-13(11)26-16-17-10-4-2-9(15(22)23)7-12(10)25-16/h2-7H,1H3,(H,22,23)(H,18,19,20,21). The molecule has 0 saturated carbocycles. The third kappa shape index (κ3) is 3.30. The lowest BCUT2D eigenvalue weighted by Gasteiger charge is -2.06. The zero-order valence-corrected chi connectivity index (χ0v) is 15.8. The molecule has 0 aliphatic carbocycles. The largest absolute Gasteiger partial charge is 0.478 e. The van der Waals surface area contributed by atoms with Crippen LogP contribution in [-0.2, 0) is 0 Å². The van der Waals surface area contributed by atoms with Crippen LogP contribution in [0.5, 0.6) is 0 Å². The molecule has 2 N–H and O–H groups in total. The number of hydrogen-bond donors (Lipinski definition) is 2. The van der Waals surface area contributed by atoms with Crippen molar-refractivity contribution in [1.29, 1.82) is 0 Å². The number of H-pyrrole nitrogens is 1. The average molecular weight is 401 g/mol. The van der Waals surface area contributed by atoms with Crippen LogP contribution in [0.3, 0.4) is 0 Å². The minimum Gasteiger partial charge on any atom is -0.478 e. The Hall–Kier alpha value is -2.43. The molecule has 4 aromatic rings. The van der Waals surface area contributed by atoms with Crippen molar-refractivity contribution in [1.82, 2.24) is 25.6 Å². The number of thiazole rings is 1. The predicted octanol–water partition coefficient (Wildman–Crippen LogP) is 4.05. The average Bonchev–Trinajstić information content (AvgIpc) is 3.30. The minimum absolute atomic E-state index is 0.265. The van der Waals surface area contributed by atoms with Crippen molar-refractivity contribution in [3.05, 3.63) is 42.0 Å². The fraction of sp³-hybridized carbons (Fsp3) is 0.0625. The van der Waals surface area contributed by atoms with E-state index in [-0.39, 0.29) is 5.56 Å². The van der Waals surface area contributed by atoms with Gasteiger partial charge in [-0.1, -0.05) is 11.8 Å². The summed E-state index contributed by atoms with van der Waals surface area (Å²) in [5.41, 5.74) is 1.93. The first kappa shape index (κ1) is 17.0. The first-order chi connectivity index (χ1) is 12.6. The van der Waals surface area contributed by atoms with Gasteiger partial charge in [-0.05, 0) is 47.9 Å². The van der Waals surface area contributed by atoms with E-state index in [1.807, 2.05) is 24.5 Å². The van der Waals surface area contributed by atoms with Gasteiger partial charge in [0.1, 0.15) is 0 Å². The fourth-order valence-corrected chi connectivity index (χ4v) is 5.32. The molecule has 7 nitrogen and oxygen atoms in total. The predicted molar refractivity (Wildman–Crippen MR) is 102 cm³/mol. The molecule has 0 fully saturated rings. The molecule has 10 heteroatoms. The number of carboxylic acids is 1. The summed E-state index contributed by atoms with van der Waals surface area (Å²) in [6.45, 7) is 0. The van der Waals surface area contributed by atoms with Crippen molar-refractivity contribution in [2.75, 3.05) is 6.26 Å². The Labute approximate surface area is 160 Å². The lowest BCUT2D eigenvalue weighted by Crippen LogP contribution is -1.94. The molecule has 0 aliphatic rings. The summed E-state index contributed by atoms with van der Waals surface area (Å²) >= 11 is 4.67. The van der Waals surface area contributed by atoms with Crippen LogP contribution < -0.4 is 0 Å². The molecular weight excluding hydrogens is 390 g/mol. The van der Waals surface area contributed by atoms with Gasteiger partial charge >= 0.3 is 5.97 Å². The number of nitrogens with one attached hydrogen (secondary N) is 1. The Morgan fingerprint density at radius 3 is 2.81 bits per heavy atom. The number of aromatic amines is 1. The first-order valence-electron chi connectivity index (χ1n) is 7.37. The van der Waals surface area contributed by atoms with Gasteiger partial charge in [-0.25, -0.2) is 9.78 Å². The lowest BCUT2D eigenvalue weighted by atomic mass is 10.2. The van der Waals surface area contributed by atoms with Crippen LogP contribution >= 0.6 is 34.9 Å². The maximum atomic E-state index is 11.1. The minimum atomic E-state index is -0.938. The van der Waals surface area contributed by atoms with Crippen LogP contribution in [0.25, 0.3) is 21.6 Å². The van der Waals surface area contributed by atoms with E-state index in [0.717, 1.165) is 29.9 Å². The van der Waals surface area contributed by atoms with Crippen molar-refractivity contribution >= 4 is 51.0 Å². The molecule has 0 spiro atoms. The second kappa shape index (κ2) is 7.06. The molecule has 26 heavy (non-hydrogen) atoms. The Kier molecular flexibility index (Phi) is 4.62. The number of aromatic carboxylic acids is 1. The van der Waals surface area contributed by atoms with Gasteiger partial charge in [-0.3, -0.25) is 0 Å². The SMILES string of the molecule is CSc1ccc(-c2nn[nH]n2)cc1Sc1nc2ccc(C(=O)O)cc2s1. The molecule has 130 valence electrons. The highest BCUT2D eigenvalue weighted by Crippen LogP contribution is 2.40. The van der Waals surface area contributed by atoms with E-state index in [0.29, 0.717) is 5.82 Å². The van der Waals surface area contributed by atoms with E-state index in [1.165, 1.54) is 11.3 Å². The summed E-state index contributed by atoms with van der Waals surface area (Å²) < 4.78 is 1.70. The van der Waals surface area contributed by atoms with Gasteiger partial charge in [0.2, 0.25) is 5.82 Å². The molecule has 0 unspecified atom stereocenters. The zero-order valence-electron chi connectivity index (χ0n) is 13.3. The molecule has 0 atom stereocenters. The van der Waals surface area contributed by atoms with Crippen LogP contribution in [0.15, 0.2) is 50.5 Å². The summed E-state index contributed by atoms with van der Waals surface area (Å²) in [4.78, 5) is 17.9. The highest BCUT2D eigenvalue weighted by atomic mass is 32.2. The summed E-state index contributed by atoms with van der Waals surface area (Å²) in [5, 5.41) is 23.2. The second-order valence-electron chi connectivity index (χ2n) is 5.17. The number of aromatic nitrogens is 5. The Bertz CT molecular complexity index is 1090. The smallest absolute Gasteiger partial charge is 0.335 e. The molecule has 0 aliphatic heterocycles. The van der Waals surface area contributed by atoms with E-state index in [2.05, 4.69) is 25.6 Å². The van der Waals surface area contributed by atoms with E-state index < -0.39 is 5.97 Å².